The molecule has 8 nitrogen and oxygen atoms in total. The summed E-state index contributed by atoms with van der Waals surface area (Å²) in [5, 5.41) is 15.2. The largest absolute Gasteiger partial charge is 0.480 e. The molecule has 0 aliphatic rings. The number of carboxylic acid groups (broad SMARTS) is 1. The minimum absolute atomic E-state index is 0.119. The van der Waals surface area contributed by atoms with E-state index in [2.05, 4.69) is 28.2 Å². The Morgan fingerprint density at radius 1 is 1.26 bits per heavy atom. The Labute approximate surface area is 162 Å². The fourth-order valence-electron chi connectivity index (χ4n) is 2.54. The highest BCUT2D eigenvalue weighted by molar-refractivity contribution is 7.80. The Kier molecular flexibility index (Phi) is 6.50. The number of amides is 2. The molecular weight excluding hydrogens is 368 g/mol. The maximum Gasteiger partial charge on any atom is 0.328 e. The molecule has 146 valence electrons. The summed E-state index contributed by atoms with van der Waals surface area (Å²) in [6.07, 6.45) is 1.94. The van der Waals surface area contributed by atoms with Gasteiger partial charge in [0.2, 0.25) is 11.8 Å². The Morgan fingerprint density at radius 2 is 1.93 bits per heavy atom. The molecule has 0 fully saturated rings. The van der Waals surface area contributed by atoms with Gasteiger partial charge in [-0.25, -0.2) is 4.79 Å². The second kappa shape index (κ2) is 8.45. The van der Waals surface area contributed by atoms with E-state index in [-0.39, 0.29) is 12.2 Å². The molecule has 0 spiro atoms. The number of hydrogen-bond acceptors (Lipinski definition) is 5. The summed E-state index contributed by atoms with van der Waals surface area (Å²) in [5.74, 6) is -2.20. The van der Waals surface area contributed by atoms with Gasteiger partial charge in [-0.05, 0) is 25.5 Å². The predicted octanol–water partition coefficient (Wildman–Crippen LogP) is 0.432. The van der Waals surface area contributed by atoms with Crippen molar-refractivity contribution in [3.63, 3.8) is 0 Å². The first-order chi connectivity index (χ1) is 12.7. The van der Waals surface area contributed by atoms with E-state index in [1.54, 1.807) is 6.20 Å². The van der Waals surface area contributed by atoms with Crippen molar-refractivity contribution in [1.29, 1.82) is 0 Å². The number of rotatable bonds is 8. The van der Waals surface area contributed by atoms with Gasteiger partial charge in [-0.3, -0.25) is 9.59 Å². The molecule has 27 heavy (non-hydrogen) atoms. The number of nitrogens with one attached hydrogen (secondary N) is 3. The van der Waals surface area contributed by atoms with Crippen LogP contribution in [0.1, 0.15) is 19.4 Å². The molecule has 1 aromatic carbocycles. The molecular formula is C18H24N4O4S. The number of carbonyl (C=O) groups is 3. The summed E-state index contributed by atoms with van der Waals surface area (Å²) in [4.78, 5) is 39.3. The average Bonchev–Trinajstić information content (AvgIpc) is 3.02. The number of aromatic nitrogens is 1. The SMILES string of the molecule is CC(C)(NC(=O)[C@@H](Cc1c[nH]c2ccccc12)NC(=O)[C@@H](N)CS)C(=O)O. The van der Waals surface area contributed by atoms with E-state index in [1.807, 2.05) is 24.3 Å². The Bertz CT molecular complexity index is 849. The van der Waals surface area contributed by atoms with E-state index in [0.717, 1.165) is 16.5 Å². The predicted molar refractivity (Wildman–Crippen MR) is 106 cm³/mol. The van der Waals surface area contributed by atoms with Crippen LogP contribution in [-0.4, -0.2) is 51.2 Å². The van der Waals surface area contributed by atoms with Crippen LogP contribution in [0.15, 0.2) is 30.5 Å². The zero-order valence-electron chi connectivity index (χ0n) is 15.2. The number of para-hydroxylation sites is 1. The maximum absolute atomic E-state index is 12.7. The van der Waals surface area contributed by atoms with Crippen molar-refractivity contribution >= 4 is 41.3 Å². The van der Waals surface area contributed by atoms with Crippen LogP contribution in [0.4, 0.5) is 0 Å². The van der Waals surface area contributed by atoms with E-state index in [0.29, 0.717) is 0 Å². The van der Waals surface area contributed by atoms with Gasteiger partial charge in [0, 0.05) is 29.3 Å². The van der Waals surface area contributed by atoms with Crippen LogP contribution < -0.4 is 16.4 Å². The number of fused-ring (bicyclic) bond motifs is 1. The van der Waals surface area contributed by atoms with E-state index in [9.17, 15) is 19.5 Å². The summed E-state index contributed by atoms with van der Waals surface area (Å²) in [6.45, 7) is 2.74. The third-order valence-electron chi connectivity index (χ3n) is 4.24. The number of nitrogens with two attached hydrogens (primary N) is 1. The molecule has 9 heteroatoms. The molecule has 2 atom stereocenters. The van der Waals surface area contributed by atoms with E-state index in [4.69, 9.17) is 5.73 Å². The Morgan fingerprint density at radius 3 is 2.56 bits per heavy atom. The molecule has 0 unspecified atom stereocenters. The highest BCUT2D eigenvalue weighted by Crippen LogP contribution is 2.19. The second-order valence-corrected chi connectivity index (χ2v) is 7.20. The number of thiol groups is 1. The van der Waals surface area contributed by atoms with Gasteiger partial charge in [0.25, 0.3) is 0 Å². The molecule has 2 amide bonds. The molecule has 2 aromatic rings. The molecule has 1 aromatic heterocycles. The summed E-state index contributed by atoms with van der Waals surface area (Å²) < 4.78 is 0. The Hall–Kier alpha value is -2.52. The molecule has 0 saturated heterocycles. The van der Waals surface area contributed by atoms with Crippen LogP contribution in [0, 0.1) is 0 Å². The first kappa shape index (κ1) is 20.8. The first-order valence-corrected chi connectivity index (χ1v) is 9.06. The molecule has 6 N–H and O–H groups in total. The Balaban J connectivity index is 2.27. The molecule has 1 heterocycles. The fourth-order valence-corrected chi connectivity index (χ4v) is 2.71. The summed E-state index contributed by atoms with van der Waals surface area (Å²) in [5.41, 5.74) is 5.92. The van der Waals surface area contributed by atoms with Gasteiger partial charge in [0.15, 0.2) is 0 Å². The lowest BCUT2D eigenvalue weighted by Gasteiger charge is -2.26. The summed E-state index contributed by atoms with van der Waals surface area (Å²) >= 11 is 3.99. The molecule has 0 radical (unpaired) electrons. The lowest BCUT2D eigenvalue weighted by molar-refractivity contribution is -0.146. The smallest absolute Gasteiger partial charge is 0.328 e. The minimum Gasteiger partial charge on any atom is -0.480 e. The van der Waals surface area contributed by atoms with Gasteiger partial charge in [-0.15, -0.1) is 0 Å². The lowest BCUT2D eigenvalue weighted by Crippen LogP contribution is -2.58. The molecule has 2 rings (SSSR count). The van der Waals surface area contributed by atoms with Crippen LogP contribution in [0.2, 0.25) is 0 Å². The van der Waals surface area contributed by atoms with Crippen LogP contribution >= 0.6 is 12.6 Å². The van der Waals surface area contributed by atoms with E-state index in [1.165, 1.54) is 13.8 Å². The van der Waals surface area contributed by atoms with Crippen molar-refractivity contribution in [2.24, 2.45) is 5.73 Å². The van der Waals surface area contributed by atoms with Crippen molar-refractivity contribution < 1.29 is 19.5 Å². The van der Waals surface area contributed by atoms with Crippen molar-refractivity contribution in [3.05, 3.63) is 36.0 Å². The van der Waals surface area contributed by atoms with Crippen molar-refractivity contribution in [2.45, 2.75) is 37.9 Å². The number of H-pyrrole nitrogens is 1. The summed E-state index contributed by atoms with van der Waals surface area (Å²) in [6, 6.07) is 5.70. The van der Waals surface area contributed by atoms with Crippen molar-refractivity contribution in [1.82, 2.24) is 15.6 Å². The van der Waals surface area contributed by atoms with E-state index < -0.39 is 35.4 Å². The monoisotopic (exact) mass is 392 g/mol. The topological polar surface area (TPSA) is 137 Å². The number of aromatic amines is 1. The normalized spacial score (nSPS) is 13.8. The third kappa shape index (κ3) is 5.01. The minimum atomic E-state index is -1.48. The molecule has 0 saturated carbocycles. The van der Waals surface area contributed by atoms with Gasteiger partial charge in [-0.2, -0.15) is 12.6 Å². The maximum atomic E-state index is 12.7. The molecule has 0 aliphatic carbocycles. The molecule has 0 bridgehead atoms. The first-order valence-electron chi connectivity index (χ1n) is 8.43. The second-order valence-electron chi connectivity index (χ2n) is 6.83. The quantitative estimate of drug-likeness (QED) is 0.362. The van der Waals surface area contributed by atoms with E-state index >= 15 is 0 Å². The van der Waals surface area contributed by atoms with Crippen molar-refractivity contribution in [3.8, 4) is 0 Å². The third-order valence-corrected chi connectivity index (χ3v) is 4.63. The van der Waals surface area contributed by atoms with Crippen LogP contribution in [0.5, 0.6) is 0 Å². The van der Waals surface area contributed by atoms with Crippen LogP contribution in [-0.2, 0) is 20.8 Å². The van der Waals surface area contributed by atoms with Gasteiger partial charge in [0.05, 0.1) is 6.04 Å². The number of aliphatic carboxylic acids is 1. The zero-order valence-corrected chi connectivity index (χ0v) is 16.0. The number of hydrogen-bond donors (Lipinski definition) is 6. The molecule has 0 aliphatic heterocycles. The average molecular weight is 392 g/mol. The standard InChI is InChI=1S/C18H24N4O4S/c1-18(2,17(25)26)22-16(24)14(21-15(23)12(19)9-27)7-10-8-20-13-6-4-3-5-11(10)13/h3-6,8,12,14,20,27H,7,9,19H2,1-2H3,(H,21,23)(H,22,24)(H,25,26)/t12-,14+/m0/s1. The lowest BCUT2D eigenvalue weighted by atomic mass is 10.0. The fraction of sp³-hybridized carbons (Fsp3) is 0.389. The number of carboxylic acids is 1. The van der Waals surface area contributed by atoms with Crippen molar-refractivity contribution in [2.75, 3.05) is 5.75 Å². The van der Waals surface area contributed by atoms with Crippen LogP contribution in [0.25, 0.3) is 10.9 Å². The van der Waals surface area contributed by atoms with Gasteiger partial charge in [0.1, 0.15) is 11.6 Å². The highest BCUT2D eigenvalue weighted by atomic mass is 32.1. The number of benzene rings is 1. The van der Waals surface area contributed by atoms with Crippen LogP contribution in [0.3, 0.4) is 0 Å². The van der Waals surface area contributed by atoms with Gasteiger partial charge >= 0.3 is 5.97 Å². The number of carbonyl (C=O) groups excluding carboxylic acids is 2. The zero-order chi connectivity index (χ0) is 20.2. The highest BCUT2D eigenvalue weighted by Gasteiger charge is 2.33. The summed E-state index contributed by atoms with van der Waals surface area (Å²) in [7, 11) is 0. The van der Waals surface area contributed by atoms with Gasteiger partial charge in [-0.1, -0.05) is 18.2 Å². The van der Waals surface area contributed by atoms with Gasteiger partial charge < -0.3 is 26.5 Å².